The molecule has 0 aliphatic carbocycles. The topological polar surface area (TPSA) is 63.0 Å². The minimum absolute atomic E-state index is 0.0963. The highest BCUT2D eigenvalue weighted by Crippen LogP contribution is 2.38. The van der Waals surface area contributed by atoms with Crippen LogP contribution in [0.2, 0.25) is 5.02 Å². The van der Waals surface area contributed by atoms with Gasteiger partial charge in [-0.3, -0.25) is 14.9 Å². The van der Waals surface area contributed by atoms with Crippen molar-refractivity contribution >= 4 is 17.2 Å². The average molecular weight is 405 g/mol. The smallest absolute Gasteiger partial charge is 0.284 e. The Labute approximate surface area is 161 Å². The van der Waals surface area contributed by atoms with E-state index in [0.29, 0.717) is 10.7 Å². The lowest BCUT2D eigenvalue weighted by molar-refractivity contribution is -0.140. The van der Waals surface area contributed by atoms with Gasteiger partial charge in [-0.15, -0.1) is 0 Å². The molecular weight excluding hydrogens is 393 g/mol. The van der Waals surface area contributed by atoms with E-state index in [1.54, 1.807) is 24.5 Å². The van der Waals surface area contributed by atoms with E-state index in [9.17, 15) is 18.0 Å². The number of fused-ring (bicyclic) bond motifs is 1. The molecule has 9 heteroatoms. The van der Waals surface area contributed by atoms with Crippen LogP contribution in [0.1, 0.15) is 17.0 Å². The number of rotatable bonds is 3. The second-order valence-electron chi connectivity index (χ2n) is 6.15. The number of alkyl halides is 3. The molecule has 4 aromatic rings. The zero-order chi connectivity index (χ0) is 19.9. The van der Waals surface area contributed by atoms with Crippen molar-refractivity contribution in [3.8, 4) is 11.1 Å². The van der Waals surface area contributed by atoms with Gasteiger partial charge in [-0.05, 0) is 29.3 Å². The van der Waals surface area contributed by atoms with Crippen molar-refractivity contribution in [3.63, 3.8) is 0 Å². The highest BCUT2D eigenvalue weighted by molar-refractivity contribution is 6.30. The largest absolute Gasteiger partial charge is 0.433 e. The summed E-state index contributed by atoms with van der Waals surface area (Å²) in [7, 11) is 0. The van der Waals surface area contributed by atoms with Crippen LogP contribution in [0.5, 0.6) is 0 Å². The Hall–Kier alpha value is -3.13. The number of aromatic nitrogens is 4. The van der Waals surface area contributed by atoms with Crippen molar-refractivity contribution < 1.29 is 13.2 Å². The van der Waals surface area contributed by atoms with E-state index in [4.69, 9.17) is 11.6 Å². The molecule has 1 N–H and O–H groups in total. The number of H-pyrrole nitrogens is 1. The second-order valence-corrected chi connectivity index (χ2v) is 6.59. The maximum absolute atomic E-state index is 13.6. The fourth-order valence-electron chi connectivity index (χ4n) is 2.98. The molecule has 0 radical (unpaired) electrons. The molecule has 0 spiro atoms. The number of nitrogens with one attached hydrogen (secondary N) is 1. The van der Waals surface area contributed by atoms with Crippen molar-refractivity contribution in [2.24, 2.45) is 0 Å². The first-order valence-corrected chi connectivity index (χ1v) is 8.57. The van der Waals surface area contributed by atoms with E-state index >= 15 is 0 Å². The van der Waals surface area contributed by atoms with Gasteiger partial charge in [0.25, 0.3) is 5.56 Å². The average Bonchev–Trinajstić information content (AvgIpc) is 3.04. The minimum Gasteiger partial charge on any atom is -0.284 e. The SMILES string of the molecule is O=c1cc(Cc2cccnc2)nc2c(-c3ccc(Cl)cc3)c(C(F)(F)F)[nH]n12. The Kier molecular flexibility index (Phi) is 4.43. The number of benzene rings is 1. The number of aromatic amines is 1. The van der Waals surface area contributed by atoms with E-state index in [1.807, 2.05) is 0 Å². The summed E-state index contributed by atoms with van der Waals surface area (Å²) in [6, 6.07) is 10.6. The first-order chi connectivity index (χ1) is 13.3. The number of pyridine rings is 1. The Morgan fingerprint density at radius 2 is 1.89 bits per heavy atom. The molecular formula is C19H12ClF3N4O. The van der Waals surface area contributed by atoms with Crippen molar-refractivity contribution in [2.45, 2.75) is 12.6 Å². The van der Waals surface area contributed by atoms with Crippen LogP contribution in [0.4, 0.5) is 13.2 Å². The Morgan fingerprint density at radius 1 is 1.14 bits per heavy atom. The molecule has 0 aliphatic heterocycles. The van der Waals surface area contributed by atoms with Crippen molar-refractivity contribution in [2.75, 3.05) is 0 Å². The Morgan fingerprint density at radius 3 is 2.54 bits per heavy atom. The van der Waals surface area contributed by atoms with Crippen molar-refractivity contribution in [3.05, 3.63) is 87.2 Å². The van der Waals surface area contributed by atoms with Crippen molar-refractivity contribution in [1.29, 1.82) is 0 Å². The van der Waals surface area contributed by atoms with Gasteiger partial charge in [0, 0.05) is 29.9 Å². The van der Waals surface area contributed by atoms with Gasteiger partial charge >= 0.3 is 6.18 Å². The molecule has 0 aliphatic rings. The molecule has 142 valence electrons. The Balaban J connectivity index is 1.96. The third-order valence-corrected chi connectivity index (χ3v) is 4.45. The lowest BCUT2D eigenvalue weighted by Gasteiger charge is -2.07. The van der Waals surface area contributed by atoms with E-state index in [2.05, 4.69) is 15.1 Å². The fourth-order valence-corrected chi connectivity index (χ4v) is 3.11. The molecule has 0 saturated heterocycles. The van der Waals surface area contributed by atoms with Crippen LogP contribution in [0.25, 0.3) is 16.8 Å². The highest BCUT2D eigenvalue weighted by Gasteiger charge is 2.38. The molecule has 1 aromatic carbocycles. The van der Waals surface area contributed by atoms with Crippen LogP contribution in [0, 0.1) is 0 Å². The van der Waals surface area contributed by atoms with E-state index in [1.165, 1.54) is 30.3 Å². The Bertz CT molecular complexity index is 1200. The highest BCUT2D eigenvalue weighted by atomic mass is 35.5. The monoisotopic (exact) mass is 404 g/mol. The molecule has 0 atom stereocenters. The maximum Gasteiger partial charge on any atom is 0.433 e. The molecule has 0 amide bonds. The first kappa shape index (κ1) is 18.2. The van der Waals surface area contributed by atoms with Gasteiger partial charge in [0.05, 0.1) is 11.3 Å². The number of nitrogens with zero attached hydrogens (tertiary/aromatic N) is 3. The summed E-state index contributed by atoms with van der Waals surface area (Å²) in [5.41, 5.74) is -0.580. The molecule has 0 fully saturated rings. The van der Waals surface area contributed by atoms with Gasteiger partial charge in [0.1, 0.15) is 5.69 Å². The number of hydrogen-bond acceptors (Lipinski definition) is 3. The van der Waals surface area contributed by atoms with Crippen LogP contribution >= 0.6 is 11.6 Å². The maximum atomic E-state index is 13.6. The van der Waals surface area contributed by atoms with E-state index in [-0.39, 0.29) is 23.2 Å². The first-order valence-electron chi connectivity index (χ1n) is 8.19. The zero-order valence-corrected chi connectivity index (χ0v) is 14.9. The zero-order valence-electron chi connectivity index (χ0n) is 14.2. The van der Waals surface area contributed by atoms with Crippen molar-refractivity contribution in [1.82, 2.24) is 19.6 Å². The normalized spacial score (nSPS) is 11.9. The van der Waals surface area contributed by atoms with Gasteiger partial charge < -0.3 is 0 Å². The van der Waals surface area contributed by atoms with Gasteiger partial charge in [0.15, 0.2) is 5.65 Å². The predicted octanol–water partition coefficient (Wildman–Crippen LogP) is 4.35. The third kappa shape index (κ3) is 3.38. The standard InChI is InChI=1S/C19H12ClF3N4O/c20-13-5-3-12(4-6-13)16-17(19(21,22)23)26-27-15(28)9-14(25-18(16)27)8-11-2-1-7-24-10-11/h1-7,9-10,26H,8H2. The van der Waals surface area contributed by atoms with Crippen LogP contribution in [-0.2, 0) is 12.6 Å². The lowest BCUT2D eigenvalue weighted by Crippen LogP contribution is -2.16. The van der Waals surface area contributed by atoms with Gasteiger partial charge in [0.2, 0.25) is 0 Å². The summed E-state index contributed by atoms with van der Waals surface area (Å²) in [6.45, 7) is 0. The summed E-state index contributed by atoms with van der Waals surface area (Å²) in [5, 5.41) is 2.54. The summed E-state index contributed by atoms with van der Waals surface area (Å²) >= 11 is 5.85. The lowest BCUT2D eigenvalue weighted by atomic mass is 10.1. The summed E-state index contributed by atoms with van der Waals surface area (Å²) < 4.78 is 41.7. The molecule has 28 heavy (non-hydrogen) atoms. The fraction of sp³-hybridized carbons (Fsp3) is 0.105. The van der Waals surface area contributed by atoms with Gasteiger partial charge in [-0.1, -0.05) is 29.8 Å². The summed E-state index contributed by atoms with van der Waals surface area (Å²) in [5.74, 6) is 0. The van der Waals surface area contributed by atoms with E-state index in [0.717, 1.165) is 10.1 Å². The number of halogens is 4. The molecule has 4 rings (SSSR count). The van der Waals surface area contributed by atoms with Crippen LogP contribution < -0.4 is 5.56 Å². The predicted molar refractivity (Wildman–Crippen MR) is 98.3 cm³/mol. The van der Waals surface area contributed by atoms with Crippen LogP contribution in [-0.4, -0.2) is 19.6 Å². The van der Waals surface area contributed by atoms with Gasteiger partial charge in [-0.2, -0.15) is 13.2 Å². The number of hydrogen-bond donors (Lipinski definition) is 1. The summed E-state index contributed by atoms with van der Waals surface area (Å²) in [4.78, 5) is 20.8. The second kappa shape index (κ2) is 6.79. The molecule has 3 heterocycles. The minimum atomic E-state index is -4.70. The summed E-state index contributed by atoms with van der Waals surface area (Å²) in [6.07, 6.45) is -1.21. The molecule has 0 saturated carbocycles. The third-order valence-electron chi connectivity index (χ3n) is 4.19. The quantitative estimate of drug-likeness (QED) is 0.552. The molecule has 0 bridgehead atoms. The van der Waals surface area contributed by atoms with Crippen LogP contribution in [0.15, 0.2) is 59.7 Å². The van der Waals surface area contributed by atoms with E-state index < -0.39 is 17.4 Å². The van der Waals surface area contributed by atoms with Crippen LogP contribution in [0.3, 0.4) is 0 Å². The molecule has 5 nitrogen and oxygen atoms in total. The van der Waals surface area contributed by atoms with Gasteiger partial charge in [-0.25, -0.2) is 9.50 Å². The molecule has 0 unspecified atom stereocenters. The molecule has 3 aromatic heterocycles.